The van der Waals surface area contributed by atoms with E-state index in [1.807, 2.05) is 47.4 Å². The van der Waals surface area contributed by atoms with Crippen molar-refractivity contribution in [3.05, 3.63) is 71.5 Å². The highest BCUT2D eigenvalue weighted by atomic mass is 35.5. The molecule has 1 atom stereocenters. The third-order valence-corrected chi connectivity index (χ3v) is 4.84. The molecule has 1 amide bonds. The van der Waals surface area contributed by atoms with Gasteiger partial charge in [-0.3, -0.25) is 9.69 Å². The summed E-state index contributed by atoms with van der Waals surface area (Å²) in [6, 6.07) is 16.0. The van der Waals surface area contributed by atoms with Gasteiger partial charge in [0.25, 0.3) is 0 Å². The Morgan fingerprint density at radius 2 is 1.61 bits per heavy atom. The van der Waals surface area contributed by atoms with Crippen LogP contribution in [-0.2, 0) is 17.8 Å². The Morgan fingerprint density at radius 3 is 2.29 bits per heavy atom. The second-order valence-electron chi connectivity index (χ2n) is 6.88. The first-order chi connectivity index (χ1) is 12.6. The van der Waals surface area contributed by atoms with Crippen LogP contribution in [0.2, 0.25) is 0 Å². The summed E-state index contributed by atoms with van der Waals surface area (Å²) in [6.07, 6.45) is 1.49. The van der Waals surface area contributed by atoms with Gasteiger partial charge in [-0.05, 0) is 36.1 Å². The van der Waals surface area contributed by atoms with Gasteiger partial charge < -0.3 is 10.6 Å². The lowest BCUT2D eigenvalue weighted by Gasteiger charge is -2.25. The number of hydrogen-bond acceptors (Lipinski definition) is 3. The summed E-state index contributed by atoms with van der Waals surface area (Å²) in [5, 5.41) is 0. The van der Waals surface area contributed by atoms with Crippen molar-refractivity contribution in [1.29, 1.82) is 0 Å². The van der Waals surface area contributed by atoms with Crippen LogP contribution in [0.3, 0.4) is 0 Å². The summed E-state index contributed by atoms with van der Waals surface area (Å²) < 4.78 is 13.0. The van der Waals surface area contributed by atoms with E-state index in [1.54, 1.807) is 0 Å². The van der Waals surface area contributed by atoms with Crippen molar-refractivity contribution in [3.63, 3.8) is 0 Å². The summed E-state index contributed by atoms with van der Waals surface area (Å²) in [5.74, 6) is -0.189. The number of amides is 1. The highest BCUT2D eigenvalue weighted by Crippen LogP contribution is 2.12. The van der Waals surface area contributed by atoms with Crippen LogP contribution in [0, 0.1) is 5.82 Å². The van der Waals surface area contributed by atoms with Crippen LogP contribution >= 0.6 is 24.8 Å². The molecule has 0 aliphatic carbocycles. The zero-order valence-corrected chi connectivity index (χ0v) is 17.4. The number of benzene rings is 2. The van der Waals surface area contributed by atoms with Crippen molar-refractivity contribution in [2.75, 3.05) is 26.2 Å². The molecule has 1 aliphatic heterocycles. The molecule has 1 saturated heterocycles. The molecule has 3 rings (SSSR count). The Kier molecular flexibility index (Phi) is 10.5. The topological polar surface area (TPSA) is 49.6 Å². The van der Waals surface area contributed by atoms with Crippen molar-refractivity contribution in [1.82, 2.24) is 9.80 Å². The molecular formula is C21H28Cl2FN3O. The van der Waals surface area contributed by atoms with Gasteiger partial charge in [0.05, 0.1) is 6.04 Å². The van der Waals surface area contributed by atoms with Gasteiger partial charge in [-0.2, -0.15) is 0 Å². The normalized spacial score (nSPS) is 15.7. The number of halogens is 3. The Morgan fingerprint density at radius 1 is 0.929 bits per heavy atom. The third-order valence-electron chi connectivity index (χ3n) is 4.84. The maximum absolute atomic E-state index is 13.0. The highest BCUT2D eigenvalue weighted by Gasteiger charge is 2.24. The summed E-state index contributed by atoms with van der Waals surface area (Å²) in [5.41, 5.74) is 8.34. The number of carbonyl (C=O) groups excluding carboxylic acids is 1. The van der Waals surface area contributed by atoms with Crippen LogP contribution in [0.1, 0.15) is 17.5 Å². The Labute approximate surface area is 178 Å². The predicted octanol–water partition coefficient (Wildman–Crippen LogP) is 3.27. The Balaban J connectivity index is 0.00000196. The summed E-state index contributed by atoms with van der Waals surface area (Å²) in [6.45, 7) is 3.93. The van der Waals surface area contributed by atoms with Gasteiger partial charge in [-0.15, -0.1) is 24.8 Å². The molecule has 1 aliphatic rings. The van der Waals surface area contributed by atoms with E-state index >= 15 is 0 Å². The monoisotopic (exact) mass is 427 g/mol. The number of rotatable bonds is 5. The first-order valence-electron chi connectivity index (χ1n) is 9.17. The average Bonchev–Trinajstić information content (AvgIpc) is 2.89. The van der Waals surface area contributed by atoms with Crippen molar-refractivity contribution in [2.45, 2.75) is 25.4 Å². The zero-order valence-electron chi connectivity index (χ0n) is 15.8. The fourth-order valence-corrected chi connectivity index (χ4v) is 3.39. The molecule has 7 heteroatoms. The molecule has 0 saturated carbocycles. The summed E-state index contributed by atoms with van der Waals surface area (Å²) in [4.78, 5) is 16.9. The molecule has 1 unspecified atom stereocenters. The van der Waals surface area contributed by atoms with E-state index in [1.165, 1.54) is 12.1 Å². The van der Waals surface area contributed by atoms with Gasteiger partial charge in [-0.1, -0.05) is 42.5 Å². The van der Waals surface area contributed by atoms with Crippen molar-refractivity contribution in [3.8, 4) is 0 Å². The van der Waals surface area contributed by atoms with Crippen LogP contribution < -0.4 is 5.73 Å². The van der Waals surface area contributed by atoms with Crippen molar-refractivity contribution in [2.24, 2.45) is 5.73 Å². The number of nitrogens with zero attached hydrogens (tertiary/aromatic N) is 2. The van der Waals surface area contributed by atoms with E-state index < -0.39 is 6.04 Å². The van der Waals surface area contributed by atoms with Gasteiger partial charge in [0, 0.05) is 32.7 Å². The fourth-order valence-electron chi connectivity index (χ4n) is 3.39. The predicted molar refractivity (Wildman–Crippen MR) is 115 cm³/mol. The lowest BCUT2D eigenvalue weighted by molar-refractivity contribution is -0.132. The molecule has 2 N–H and O–H groups in total. The van der Waals surface area contributed by atoms with E-state index in [-0.39, 0.29) is 36.5 Å². The lowest BCUT2D eigenvalue weighted by Crippen LogP contribution is -2.46. The van der Waals surface area contributed by atoms with Gasteiger partial charge in [-0.25, -0.2) is 4.39 Å². The van der Waals surface area contributed by atoms with Gasteiger partial charge >= 0.3 is 0 Å². The smallest absolute Gasteiger partial charge is 0.239 e. The van der Waals surface area contributed by atoms with E-state index in [0.717, 1.165) is 43.7 Å². The second kappa shape index (κ2) is 12.0. The average molecular weight is 428 g/mol. The van der Waals surface area contributed by atoms with Crippen LogP contribution in [0.15, 0.2) is 54.6 Å². The van der Waals surface area contributed by atoms with Crippen molar-refractivity contribution < 1.29 is 9.18 Å². The third kappa shape index (κ3) is 7.06. The van der Waals surface area contributed by atoms with E-state index in [2.05, 4.69) is 4.90 Å². The molecule has 2 aromatic carbocycles. The van der Waals surface area contributed by atoms with E-state index in [9.17, 15) is 9.18 Å². The van der Waals surface area contributed by atoms with Crippen LogP contribution in [-0.4, -0.2) is 47.9 Å². The maximum Gasteiger partial charge on any atom is 0.239 e. The standard InChI is InChI=1S/C21H26FN3O.2ClH/c22-19-9-7-18(8-10-19)16-24-11-4-12-25(14-13-24)21(26)20(23)15-17-5-2-1-3-6-17;;/h1-3,5-10,20H,4,11-16,23H2;2*1H. The molecule has 0 radical (unpaired) electrons. The van der Waals surface area contributed by atoms with Gasteiger partial charge in [0.1, 0.15) is 5.82 Å². The highest BCUT2D eigenvalue weighted by molar-refractivity contribution is 5.85. The maximum atomic E-state index is 13.0. The van der Waals surface area contributed by atoms with E-state index in [4.69, 9.17) is 5.73 Å². The van der Waals surface area contributed by atoms with Crippen LogP contribution in [0.25, 0.3) is 0 Å². The molecule has 4 nitrogen and oxygen atoms in total. The number of hydrogen-bond donors (Lipinski definition) is 1. The number of carbonyl (C=O) groups is 1. The molecule has 2 aromatic rings. The quantitative estimate of drug-likeness (QED) is 0.796. The van der Waals surface area contributed by atoms with Crippen LogP contribution in [0.5, 0.6) is 0 Å². The molecular weight excluding hydrogens is 400 g/mol. The minimum atomic E-state index is -0.499. The fraction of sp³-hybridized carbons (Fsp3) is 0.381. The summed E-state index contributed by atoms with van der Waals surface area (Å²) in [7, 11) is 0. The Hall–Kier alpha value is -1.66. The lowest BCUT2D eigenvalue weighted by atomic mass is 10.1. The number of nitrogens with two attached hydrogens (primary N) is 1. The molecule has 28 heavy (non-hydrogen) atoms. The zero-order chi connectivity index (χ0) is 18.4. The van der Waals surface area contributed by atoms with Gasteiger partial charge in [0.15, 0.2) is 0 Å². The SMILES string of the molecule is Cl.Cl.NC(Cc1ccccc1)C(=O)N1CCCN(Cc2ccc(F)cc2)CC1. The molecule has 1 fully saturated rings. The molecule has 154 valence electrons. The first-order valence-corrected chi connectivity index (χ1v) is 9.17. The molecule has 0 spiro atoms. The largest absolute Gasteiger partial charge is 0.340 e. The first kappa shape index (κ1) is 24.4. The van der Waals surface area contributed by atoms with E-state index in [0.29, 0.717) is 13.0 Å². The molecule has 1 heterocycles. The minimum absolute atomic E-state index is 0. The molecule has 0 aromatic heterocycles. The van der Waals surface area contributed by atoms with Crippen molar-refractivity contribution >= 4 is 30.7 Å². The molecule has 0 bridgehead atoms. The van der Waals surface area contributed by atoms with Gasteiger partial charge in [0.2, 0.25) is 5.91 Å². The Bertz CT molecular complexity index is 715. The second-order valence-corrected chi connectivity index (χ2v) is 6.88. The van der Waals surface area contributed by atoms with Crippen LogP contribution in [0.4, 0.5) is 4.39 Å². The summed E-state index contributed by atoms with van der Waals surface area (Å²) >= 11 is 0. The minimum Gasteiger partial charge on any atom is -0.340 e.